The van der Waals surface area contributed by atoms with E-state index in [1.54, 1.807) is 12.1 Å². The number of hydrogen-bond donors (Lipinski definition) is 2. The lowest BCUT2D eigenvalue weighted by molar-refractivity contribution is 0.306. The van der Waals surface area contributed by atoms with E-state index in [0.29, 0.717) is 12.6 Å². The first kappa shape index (κ1) is 13.4. The molecule has 2 N–H and O–H groups in total. The van der Waals surface area contributed by atoms with Crippen LogP contribution in [0.15, 0.2) is 48.5 Å². The predicted molar refractivity (Wildman–Crippen MR) is 76.4 cm³/mol. The van der Waals surface area contributed by atoms with Crippen molar-refractivity contribution in [3.8, 4) is 11.5 Å². The summed E-state index contributed by atoms with van der Waals surface area (Å²) in [6, 6.07) is 15.5. The van der Waals surface area contributed by atoms with Crippen LogP contribution in [0.25, 0.3) is 0 Å². The van der Waals surface area contributed by atoms with E-state index in [0.717, 1.165) is 11.3 Å². The summed E-state index contributed by atoms with van der Waals surface area (Å²) < 4.78 is 5.70. The standard InChI is InChI=1S/C16H19NO2/c1-12(17-2)14-5-9-16(10-6-14)19-11-13-3-7-15(18)8-4-13/h3-10,12,17-18H,11H2,1-2H3. The Kier molecular flexibility index (Phi) is 4.42. The average molecular weight is 257 g/mol. The van der Waals surface area contributed by atoms with Crippen molar-refractivity contribution in [2.75, 3.05) is 7.05 Å². The molecule has 0 aliphatic heterocycles. The van der Waals surface area contributed by atoms with Gasteiger partial charge in [0.05, 0.1) is 0 Å². The topological polar surface area (TPSA) is 41.5 Å². The van der Waals surface area contributed by atoms with Crippen molar-refractivity contribution in [3.63, 3.8) is 0 Å². The van der Waals surface area contributed by atoms with Gasteiger partial charge in [-0.2, -0.15) is 0 Å². The summed E-state index contributed by atoms with van der Waals surface area (Å²) in [6.45, 7) is 2.62. The maximum absolute atomic E-state index is 9.20. The molecule has 100 valence electrons. The Morgan fingerprint density at radius 2 is 1.68 bits per heavy atom. The van der Waals surface area contributed by atoms with Crippen LogP contribution in [-0.2, 0) is 6.61 Å². The van der Waals surface area contributed by atoms with E-state index < -0.39 is 0 Å². The SMILES string of the molecule is CNC(C)c1ccc(OCc2ccc(O)cc2)cc1. The molecule has 0 heterocycles. The first-order valence-corrected chi connectivity index (χ1v) is 6.37. The van der Waals surface area contributed by atoms with Crippen molar-refractivity contribution in [1.82, 2.24) is 5.32 Å². The van der Waals surface area contributed by atoms with E-state index >= 15 is 0 Å². The lowest BCUT2D eigenvalue weighted by atomic mass is 10.1. The molecular formula is C16H19NO2. The van der Waals surface area contributed by atoms with Crippen LogP contribution in [0.1, 0.15) is 24.1 Å². The van der Waals surface area contributed by atoms with Crippen LogP contribution in [0, 0.1) is 0 Å². The number of ether oxygens (including phenoxy) is 1. The molecule has 2 aromatic carbocycles. The maximum atomic E-state index is 9.20. The fraction of sp³-hybridized carbons (Fsp3) is 0.250. The van der Waals surface area contributed by atoms with Crippen LogP contribution >= 0.6 is 0 Å². The molecule has 2 rings (SSSR count). The van der Waals surface area contributed by atoms with Crippen molar-refractivity contribution < 1.29 is 9.84 Å². The third-order valence-corrected chi connectivity index (χ3v) is 3.15. The molecule has 2 aromatic rings. The lowest BCUT2D eigenvalue weighted by Gasteiger charge is -2.12. The molecule has 0 amide bonds. The number of nitrogens with one attached hydrogen (secondary N) is 1. The first-order valence-electron chi connectivity index (χ1n) is 6.37. The summed E-state index contributed by atoms with van der Waals surface area (Å²) in [7, 11) is 1.94. The van der Waals surface area contributed by atoms with Gasteiger partial charge in [-0.25, -0.2) is 0 Å². The molecule has 1 unspecified atom stereocenters. The minimum atomic E-state index is 0.272. The molecule has 0 fully saturated rings. The first-order chi connectivity index (χ1) is 9.19. The summed E-state index contributed by atoms with van der Waals surface area (Å²) in [6.07, 6.45) is 0. The Morgan fingerprint density at radius 3 is 2.26 bits per heavy atom. The zero-order valence-corrected chi connectivity index (χ0v) is 11.3. The van der Waals surface area contributed by atoms with E-state index in [2.05, 4.69) is 24.4 Å². The third-order valence-electron chi connectivity index (χ3n) is 3.15. The quantitative estimate of drug-likeness (QED) is 0.864. The maximum Gasteiger partial charge on any atom is 0.119 e. The molecule has 0 spiro atoms. The Hall–Kier alpha value is -2.00. The second-order valence-corrected chi connectivity index (χ2v) is 4.53. The van der Waals surface area contributed by atoms with Gasteiger partial charge >= 0.3 is 0 Å². The van der Waals surface area contributed by atoms with E-state index in [9.17, 15) is 5.11 Å². The largest absolute Gasteiger partial charge is 0.508 e. The molecule has 0 aliphatic carbocycles. The highest BCUT2D eigenvalue weighted by Crippen LogP contribution is 2.18. The van der Waals surface area contributed by atoms with Gasteiger partial charge in [-0.1, -0.05) is 24.3 Å². The minimum absolute atomic E-state index is 0.272. The molecule has 0 aliphatic rings. The van der Waals surface area contributed by atoms with E-state index in [-0.39, 0.29) is 5.75 Å². The lowest BCUT2D eigenvalue weighted by Crippen LogP contribution is -2.11. The van der Waals surface area contributed by atoms with E-state index in [1.807, 2.05) is 31.3 Å². The minimum Gasteiger partial charge on any atom is -0.508 e. The molecule has 0 aromatic heterocycles. The molecular weight excluding hydrogens is 238 g/mol. The summed E-state index contributed by atoms with van der Waals surface area (Å²) >= 11 is 0. The summed E-state index contributed by atoms with van der Waals surface area (Å²) in [4.78, 5) is 0. The van der Waals surface area contributed by atoms with Gasteiger partial charge in [0.25, 0.3) is 0 Å². The van der Waals surface area contributed by atoms with Crippen molar-refractivity contribution in [3.05, 3.63) is 59.7 Å². The van der Waals surface area contributed by atoms with Crippen LogP contribution in [0.3, 0.4) is 0 Å². The molecule has 1 atom stereocenters. The van der Waals surface area contributed by atoms with E-state index in [4.69, 9.17) is 4.74 Å². The molecule has 0 radical (unpaired) electrons. The second kappa shape index (κ2) is 6.25. The smallest absolute Gasteiger partial charge is 0.119 e. The molecule has 0 bridgehead atoms. The van der Waals surface area contributed by atoms with Gasteiger partial charge in [0.1, 0.15) is 18.1 Å². The zero-order chi connectivity index (χ0) is 13.7. The Morgan fingerprint density at radius 1 is 1.05 bits per heavy atom. The van der Waals surface area contributed by atoms with E-state index in [1.165, 1.54) is 5.56 Å². The van der Waals surface area contributed by atoms with Crippen LogP contribution in [0.5, 0.6) is 11.5 Å². The Bertz CT molecular complexity index is 505. The third kappa shape index (κ3) is 3.73. The van der Waals surface area contributed by atoms with Crippen LogP contribution in [0.2, 0.25) is 0 Å². The molecule has 3 nitrogen and oxygen atoms in total. The number of benzene rings is 2. The van der Waals surface area contributed by atoms with Gasteiger partial charge in [0, 0.05) is 6.04 Å². The highest BCUT2D eigenvalue weighted by atomic mass is 16.5. The van der Waals surface area contributed by atoms with Crippen molar-refractivity contribution >= 4 is 0 Å². The number of phenolic OH excluding ortho intramolecular Hbond substituents is 1. The van der Waals surface area contributed by atoms with Gasteiger partial charge in [-0.3, -0.25) is 0 Å². The molecule has 0 saturated heterocycles. The van der Waals surface area contributed by atoms with Crippen LogP contribution < -0.4 is 10.1 Å². The van der Waals surface area contributed by atoms with Gasteiger partial charge in [0.15, 0.2) is 0 Å². The monoisotopic (exact) mass is 257 g/mol. The van der Waals surface area contributed by atoms with Gasteiger partial charge in [0.2, 0.25) is 0 Å². The average Bonchev–Trinajstić information content (AvgIpc) is 2.46. The highest BCUT2D eigenvalue weighted by molar-refractivity contribution is 5.30. The molecule has 0 saturated carbocycles. The Labute approximate surface area is 113 Å². The van der Waals surface area contributed by atoms with Crippen molar-refractivity contribution in [2.45, 2.75) is 19.6 Å². The van der Waals surface area contributed by atoms with Gasteiger partial charge in [-0.15, -0.1) is 0 Å². The van der Waals surface area contributed by atoms with Crippen LogP contribution in [-0.4, -0.2) is 12.2 Å². The number of hydrogen-bond acceptors (Lipinski definition) is 3. The van der Waals surface area contributed by atoms with Crippen molar-refractivity contribution in [1.29, 1.82) is 0 Å². The number of rotatable bonds is 5. The number of phenols is 1. The summed E-state index contributed by atoms with van der Waals surface area (Å²) in [5.41, 5.74) is 2.27. The van der Waals surface area contributed by atoms with Gasteiger partial charge in [-0.05, 0) is 49.4 Å². The second-order valence-electron chi connectivity index (χ2n) is 4.53. The van der Waals surface area contributed by atoms with Gasteiger partial charge < -0.3 is 15.2 Å². The normalized spacial score (nSPS) is 12.1. The molecule has 19 heavy (non-hydrogen) atoms. The van der Waals surface area contributed by atoms with Crippen molar-refractivity contribution in [2.24, 2.45) is 0 Å². The summed E-state index contributed by atoms with van der Waals surface area (Å²) in [5, 5.41) is 12.4. The molecule has 3 heteroatoms. The fourth-order valence-corrected chi connectivity index (χ4v) is 1.78. The fourth-order valence-electron chi connectivity index (χ4n) is 1.78. The van der Waals surface area contributed by atoms with Crippen LogP contribution in [0.4, 0.5) is 0 Å². The highest BCUT2D eigenvalue weighted by Gasteiger charge is 2.02. The summed E-state index contributed by atoms with van der Waals surface area (Å²) in [5.74, 6) is 1.12. The zero-order valence-electron chi connectivity index (χ0n) is 11.3. The number of aromatic hydroxyl groups is 1. The predicted octanol–water partition coefficient (Wildman–Crippen LogP) is 3.25. The Balaban J connectivity index is 1.94.